The van der Waals surface area contributed by atoms with E-state index >= 15 is 0 Å². The number of nitrogens with one attached hydrogen (secondary N) is 3. The molecule has 2 amide bonds. The Morgan fingerprint density at radius 3 is 2.86 bits per heavy atom. The lowest BCUT2D eigenvalue weighted by molar-refractivity contribution is -0.110. The molecular weight excluding hydrogens is 371 g/mol. The number of carbonyl (C=O) groups is 2. The first-order chi connectivity index (χ1) is 16.9. The highest BCUT2D eigenvalue weighted by atomic mass is 19.1. The van der Waals surface area contributed by atoms with Gasteiger partial charge < -0.3 is 20.5 Å². The zero-order valence-corrected chi connectivity index (χ0v) is 15.9. The van der Waals surface area contributed by atoms with Crippen molar-refractivity contribution in [2.24, 2.45) is 0 Å². The second-order valence-electron chi connectivity index (χ2n) is 6.75. The summed E-state index contributed by atoms with van der Waals surface area (Å²) >= 11 is 0. The van der Waals surface area contributed by atoms with Gasteiger partial charge in [0.15, 0.2) is 0 Å². The van der Waals surface area contributed by atoms with Crippen LogP contribution in [0.4, 0.5) is 10.1 Å². The van der Waals surface area contributed by atoms with E-state index in [0.29, 0.717) is 33.1 Å². The van der Waals surface area contributed by atoms with Crippen LogP contribution >= 0.6 is 0 Å². The van der Waals surface area contributed by atoms with Crippen molar-refractivity contribution in [1.82, 2.24) is 15.2 Å². The molecular formula is C22H25FN4O2. The number of anilines is 1. The number of fused-ring (bicyclic) bond motifs is 1. The second-order valence-corrected chi connectivity index (χ2v) is 6.75. The lowest BCUT2D eigenvalue weighted by Crippen LogP contribution is -2.33. The van der Waals surface area contributed by atoms with Crippen molar-refractivity contribution in [2.45, 2.75) is 26.6 Å². The van der Waals surface area contributed by atoms with Crippen molar-refractivity contribution >= 4 is 29.2 Å². The number of benzene rings is 1. The summed E-state index contributed by atoms with van der Waals surface area (Å²) in [5.74, 6) is -1.51. The quantitative estimate of drug-likeness (QED) is 0.670. The third kappa shape index (κ3) is 3.82. The lowest BCUT2D eigenvalue weighted by Gasteiger charge is -2.14. The molecule has 0 spiro atoms. The number of aryl methyl sites for hydroxylation is 1. The number of nitrogens with zero attached hydrogens (tertiary/aromatic N) is 1. The maximum absolute atomic E-state index is 13.7. The second kappa shape index (κ2) is 7.83. The van der Waals surface area contributed by atoms with Crippen LogP contribution in [0.3, 0.4) is 0 Å². The van der Waals surface area contributed by atoms with Gasteiger partial charge in [0.25, 0.3) is 11.8 Å². The van der Waals surface area contributed by atoms with E-state index < -0.39 is 49.9 Å². The Morgan fingerprint density at radius 1 is 1.34 bits per heavy atom. The molecule has 1 aromatic heterocycles. The topological polar surface area (TPSA) is 77.2 Å². The summed E-state index contributed by atoms with van der Waals surface area (Å²) < 4.78 is 77.2. The van der Waals surface area contributed by atoms with Crippen LogP contribution in [0.25, 0.3) is 11.6 Å². The minimum absolute atomic E-state index is 0.216. The van der Waals surface area contributed by atoms with Gasteiger partial charge in [0.2, 0.25) is 0 Å². The van der Waals surface area contributed by atoms with Crippen LogP contribution < -0.4 is 10.6 Å². The van der Waals surface area contributed by atoms with E-state index in [1.807, 2.05) is 0 Å². The number of rotatable bonds is 5. The van der Waals surface area contributed by atoms with Gasteiger partial charge in [0.05, 0.1) is 11.1 Å². The highest BCUT2D eigenvalue weighted by Crippen LogP contribution is 2.34. The molecule has 2 aliphatic rings. The summed E-state index contributed by atoms with van der Waals surface area (Å²) in [6.45, 7) is -3.45. The van der Waals surface area contributed by atoms with Crippen molar-refractivity contribution < 1.29 is 24.9 Å². The molecule has 0 saturated carbocycles. The van der Waals surface area contributed by atoms with Crippen LogP contribution in [0.5, 0.6) is 0 Å². The molecule has 3 heterocycles. The van der Waals surface area contributed by atoms with E-state index in [0.717, 1.165) is 0 Å². The van der Waals surface area contributed by atoms with Crippen LogP contribution in [0, 0.1) is 19.7 Å². The fourth-order valence-corrected chi connectivity index (χ4v) is 3.41. The fraction of sp³-hybridized carbons (Fsp3) is 0.364. The third-order valence-electron chi connectivity index (χ3n) is 4.82. The molecule has 152 valence electrons. The van der Waals surface area contributed by atoms with Crippen molar-refractivity contribution in [2.75, 3.05) is 31.4 Å². The molecule has 4 rings (SSSR count). The van der Waals surface area contributed by atoms with E-state index in [1.165, 1.54) is 24.3 Å². The van der Waals surface area contributed by atoms with Gasteiger partial charge in [-0.15, -0.1) is 0 Å². The zero-order valence-electron chi connectivity index (χ0n) is 23.9. The largest absolute Gasteiger partial charge is 0.358 e. The summed E-state index contributed by atoms with van der Waals surface area (Å²) in [5, 5.41) is 5.20. The van der Waals surface area contributed by atoms with Gasteiger partial charge in [-0.3, -0.25) is 9.59 Å². The molecule has 6 nitrogen and oxygen atoms in total. The van der Waals surface area contributed by atoms with Crippen LogP contribution in [0.15, 0.2) is 18.2 Å². The number of H-pyrrole nitrogens is 1. The summed E-state index contributed by atoms with van der Waals surface area (Å²) in [4.78, 5) is 28.9. The third-order valence-corrected chi connectivity index (χ3v) is 4.82. The molecule has 1 fully saturated rings. The molecule has 2 aliphatic heterocycles. The van der Waals surface area contributed by atoms with Crippen molar-refractivity contribution in [3.05, 3.63) is 52.1 Å². The Balaban J connectivity index is 1.53. The van der Waals surface area contributed by atoms with Gasteiger partial charge in [-0.05, 0) is 69.4 Å². The normalized spacial score (nSPS) is 28.7. The predicted molar refractivity (Wildman–Crippen MR) is 111 cm³/mol. The summed E-state index contributed by atoms with van der Waals surface area (Å²) in [6.07, 6.45) is -4.77. The minimum Gasteiger partial charge on any atom is -0.358 e. The van der Waals surface area contributed by atoms with Gasteiger partial charge >= 0.3 is 0 Å². The average Bonchev–Trinajstić information content (AvgIpc) is 3.26. The molecule has 0 bridgehead atoms. The van der Waals surface area contributed by atoms with Gasteiger partial charge in [0.1, 0.15) is 5.82 Å². The first-order valence-electron chi connectivity index (χ1n) is 13.0. The first kappa shape index (κ1) is 11.9. The highest BCUT2D eigenvalue weighted by Gasteiger charge is 2.26. The number of aromatic amines is 1. The number of aromatic nitrogens is 1. The average molecular weight is 405 g/mol. The standard InChI is InChI=1S/C22H25FN4O2/c1-13-19(12-17-16-11-15(23)5-6-18(16)26-21(17)28)25-14(2)20(13)22(29)24-7-10-27-8-3-4-9-27/h5-6,11-12,25H,3-4,7-10H2,1-2H3,(H,24,29)(H,26,28)/b17-12+/i3D2,4D2,8D2,9D2. The van der Waals surface area contributed by atoms with E-state index in [2.05, 4.69) is 15.6 Å². The number of hydrogen-bond donors (Lipinski definition) is 3. The molecule has 0 aliphatic carbocycles. The fourth-order valence-electron chi connectivity index (χ4n) is 3.41. The van der Waals surface area contributed by atoms with Crippen LogP contribution in [0.2, 0.25) is 0 Å². The number of carbonyl (C=O) groups excluding carboxylic acids is 2. The monoisotopic (exact) mass is 404 g/mol. The molecule has 0 unspecified atom stereocenters. The highest BCUT2D eigenvalue weighted by molar-refractivity contribution is 6.34. The Bertz CT molecular complexity index is 1310. The van der Waals surface area contributed by atoms with Crippen molar-refractivity contribution in [1.29, 1.82) is 0 Å². The Labute approximate surface area is 180 Å². The Kier molecular flexibility index (Phi) is 3.22. The maximum Gasteiger partial charge on any atom is 0.256 e. The lowest BCUT2D eigenvalue weighted by atomic mass is 10.0. The summed E-state index contributed by atoms with van der Waals surface area (Å²) in [5.41, 5.74) is 2.69. The van der Waals surface area contributed by atoms with E-state index in [-0.39, 0.29) is 17.7 Å². The van der Waals surface area contributed by atoms with Crippen LogP contribution in [0.1, 0.15) is 56.6 Å². The number of halogens is 1. The van der Waals surface area contributed by atoms with E-state index in [1.54, 1.807) is 13.8 Å². The van der Waals surface area contributed by atoms with Crippen LogP contribution in [-0.4, -0.2) is 47.8 Å². The molecule has 29 heavy (non-hydrogen) atoms. The van der Waals surface area contributed by atoms with Crippen molar-refractivity contribution in [3.8, 4) is 0 Å². The Morgan fingerprint density at radius 2 is 2.10 bits per heavy atom. The van der Waals surface area contributed by atoms with Gasteiger partial charge in [0, 0.05) is 46.7 Å². The molecule has 7 heteroatoms. The maximum atomic E-state index is 13.7. The molecule has 0 radical (unpaired) electrons. The molecule has 2 aromatic rings. The summed E-state index contributed by atoms with van der Waals surface area (Å²) in [7, 11) is 0. The van der Waals surface area contributed by atoms with Crippen molar-refractivity contribution in [3.63, 3.8) is 0 Å². The molecule has 1 aromatic carbocycles. The number of amides is 2. The molecule has 1 saturated heterocycles. The zero-order chi connectivity index (χ0) is 27.7. The van der Waals surface area contributed by atoms with Gasteiger partial charge in [-0.25, -0.2) is 4.39 Å². The molecule has 0 atom stereocenters. The summed E-state index contributed by atoms with van der Waals surface area (Å²) in [6, 6.07) is 3.92. The SMILES string of the molecule is [2H]C1([2H])N(CCNC(=O)c2c(C)[nH]c(/C=C3/C(=O)Nc4ccc(F)cc43)c2C)C([2H])([2H])C([2H])([2H])C1([2H])[2H]. The predicted octanol–water partition coefficient (Wildman–Crippen LogP) is 3.09. The van der Waals surface area contributed by atoms with E-state index in [4.69, 9.17) is 11.0 Å². The molecule has 3 N–H and O–H groups in total. The van der Waals surface area contributed by atoms with E-state index in [9.17, 15) is 14.0 Å². The Hall–Kier alpha value is -2.93. The number of hydrogen-bond acceptors (Lipinski definition) is 3. The van der Waals surface area contributed by atoms with Gasteiger partial charge in [-0.1, -0.05) is 0 Å². The van der Waals surface area contributed by atoms with Gasteiger partial charge in [-0.2, -0.15) is 0 Å². The minimum atomic E-state index is -3.14. The smallest absolute Gasteiger partial charge is 0.256 e. The first-order valence-corrected chi connectivity index (χ1v) is 9.03. The van der Waals surface area contributed by atoms with Crippen LogP contribution in [-0.2, 0) is 4.79 Å². The number of likely N-dealkylation sites (tertiary alicyclic amines) is 1.